The Morgan fingerprint density at radius 2 is 1.94 bits per heavy atom. The van der Waals surface area contributed by atoms with Gasteiger partial charge in [-0.25, -0.2) is 0 Å². The highest BCUT2D eigenvalue weighted by atomic mass is 19.3. The van der Waals surface area contributed by atoms with Crippen LogP contribution < -0.4 is 5.73 Å². The third-order valence-corrected chi connectivity index (χ3v) is 1.93. The first-order chi connectivity index (χ1) is 8.09. The maximum absolute atomic E-state index is 11.7. The average molecular weight is 245 g/mol. The Morgan fingerprint density at radius 1 is 1.29 bits per heavy atom. The molecule has 2 N–H and O–H groups in total. The van der Waals surface area contributed by atoms with Gasteiger partial charge < -0.3 is 15.2 Å². The molecular weight excluding hydrogens is 232 g/mol. The Kier molecular flexibility index (Phi) is 5.51. The summed E-state index contributed by atoms with van der Waals surface area (Å²) in [7, 11) is 0. The minimum Gasteiger partial charge on any atom is -0.460 e. The van der Waals surface area contributed by atoms with Crippen molar-refractivity contribution < 1.29 is 23.0 Å². The van der Waals surface area contributed by atoms with Crippen LogP contribution in [0, 0.1) is 0 Å². The van der Waals surface area contributed by atoms with E-state index in [0.29, 0.717) is 0 Å². The maximum Gasteiger partial charge on any atom is 0.345 e. The van der Waals surface area contributed by atoms with E-state index in [1.807, 2.05) is 6.07 Å². The molecule has 4 nitrogen and oxygen atoms in total. The SMILES string of the molecule is N[C@@H](COC(F)F)C(=O)OCc1ccccc1. The number of carbonyl (C=O) groups excluding carboxylic acids is 1. The molecule has 0 aliphatic carbocycles. The van der Waals surface area contributed by atoms with Crippen molar-refractivity contribution in [1.82, 2.24) is 0 Å². The van der Waals surface area contributed by atoms with Gasteiger partial charge in [0.05, 0.1) is 6.61 Å². The van der Waals surface area contributed by atoms with E-state index >= 15 is 0 Å². The van der Waals surface area contributed by atoms with Crippen LogP contribution >= 0.6 is 0 Å². The standard InChI is InChI=1S/C11H13F2NO3/c12-11(13)17-7-9(14)10(15)16-6-8-4-2-1-3-5-8/h1-5,9,11H,6-7,14H2/t9-/m0/s1. The van der Waals surface area contributed by atoms with Crippen LogP contribution in [0.5, 0.6) is 0 Å². The predicted molar refractivity (Wildman–Crippen MR) is 56.2 cm³/mol. The Hall–Kier alpha value is -1.53. The molecule has 94 valence electrons. The molecule has 0 bridgehead atoms. The van der Waals surface area contributed by atoms with Gasteiger partial charge in [0.25, 0.3) is 0 Å². The van der Waals surface area contributed by atoms with Crippen molar-refractivity contribution >= 4 is 5.97 Å². The molecule has 6 heteroatoms. The van der Waals surface area contributed by atoms with E-state index in [9.17, 15) is 13.6 Å². The molecule has 0 spiro atoms. The third-order valence-electron chi connectivity index (χ3n) is 1.93. The summed E-state index contributed by atoms with van der Waals surface area (Å²) in [5, 5.41) is 0. The summed E-state index contributed by atoms with van der Waals surface area (Å²) >= 11 is 0. The smallest absolute Gasteiger partial charge is 0.345 e. The molecule has 0 saturated heterocycles. The van der Waals surface area contributed by atoms with Gasteiger partial charge in [0, 0.05) is 0 Å². The molecule has 1 aromatic carbocycles. The molecule has 0 saturated carbocycles. The Bertz CT molecular complexity index is 346. The van der Waals surface area contributed by atoms with Crippen molar-refractivity contribution in [2.24, 2.45) is 5.73 Å². The number of alkyl halides is 2. The zero-order chi connectivity index (χ0) is 12.7. The highest BCUT2D eigenvalue weighted by molar-refractivity contribution is 5.75. The topological polar surface area (TPSA) is 61.5 Å². The number of rotatable bonds is 6. The van der Waals surface area contributed by atoms with Gasteiger partial charge in [-0.15, -0.1) is 0 Å². The predicted octanol–water partition coefficient (Wildman–Crippen LogP) is 1.30. The van der Waals surface area contributed by atoms with Crippen molar-refractivity contribution in [1.29, 1.82) is 0 Å². The Labute approximate surface area is 97.3 Å². The first-order valence-electron chi connectivity index (χ1n) is 4.95. The van der Waals surface area contributed by atoms with Crippen LogP contribution in [0.4, 0.5) is 8.78 Å². The quantitative estimate of drug-likeness (QED) is 0.767. The zero-order valence-electron chi connectivity index (χ0n) is 9.01. The molecular formula is C11H13F2NO3. The third kappa shape index (κ3) is 5.37. The molecule has 1 aromatic rings. The lowest BCUT2D eigenvalue weighted by Crippen LogP contribution is -2.37. The molecule has 1 rings (SSSR count). The lowest BCUT2D eigenvalue weighted by atomic mass is 10.2. The number of carbonyl (C=O) groups is 1. The number of ether oxygens (including phenoxy) is 2. The van der Waals surface area contributed by atoms with Gasteiger partial charge in [0.1, 0.15) is 12.6 Å². The number of hydrogen-bond acceptors (Lipinski definition) is 4. The molecule has 0 aromatic heterocycles. The van der Waals surface area contributed by atoms with Gasteiger partial charge >= 0.3 is 12.6 Å². The summed E-state index contributed by atoms with van der Waals surface area (Å²) in [4.78, 5) is 11.3. The summed E-state index contributed by atoms with van der Waals surface area (Å²) in [5.74, 6) is -0.769. The highest BCUT2D eigenvalue weighted by Gasteiger charge is 2.17. The van der Waals surface area contributed by atoms with E-state index in [1.165, 1.54) is 0 Å². The van der Waals surface area contributed by atoms with Crippen LogP contribution in [0.2, 0.25) is 0 Å². The number of hydrogen-bond donors (Lipinski definition) is 1. The second-order valence-corrected chi connectivity index (χ2v) is 3.29. The molecule has 0 heterocycles. The monoisotopic (exact) mass is 245 g/mol. The fraction of sp³-hybridized carbons (Fsp3) is 0.364. The first-order valence-corrected chi connectivity index (χ1v) is 4.95. The van der Waals surface area contributed by atoms with Crippen molar-refractivity contribution in [3.8, 4) is 0 Å². The van der Waals surface area contributed by atoms with E-state index in [-0.39, 0.29) is 6.61 Å². The molecule has 0 unspecified atom stereocenters. The maximum atomic E-state index is 11.7. The van der Waals surface area contributed by atoms with Crippen LogP contribution in [-0.2, 0) is 20.9 Å². The van der Waals surface area contributed by atoms with E-state index in [0.717, 1.165) is 5.56 Å². The van der Waals surface area contributed by atoms with Gasteiger partial charge in [-0.3, -0.25) is 4.79 Å². The summed E-state index contributed by atoms with van der Waals surface area (Å²) < 4.78 is 32.1. The number of nitrogens with two attached hydrogens (primary N) is 1. The lowest BCUT2D eigenvalue weighted by molar-refractivity contribution is -0.157. The van der Waals surface area contributed by atoms with E-state index < -0.39 is 25.2 Å². The lowest BCUT2D eigenvalue weighted by Gasteiger charge is -2.11. The van der Waals surface area contributed by atoms with Crippen molar-refractivity contribution in [3.63, 3.8) is 0 Å². The molecule has 0 aliphatic rings. The Balaban J connectivity index is 2.29. The van der Waals surface area contributed by atoms with Crippen LogP contribution in [0.25, 0.3) is 0 Å². The normalized spacial score (nSPS) is 12.5. The summed E-state index contributed by atoms with van der Waals surface area (Å²) in [6.07, 6.45) is 0. The van der Waals surface area contributed by atoms with Gasteiger partial charge in [-0.05, 0) is 5.56 Å². The van der Waals surface area contributed by atoms with Crippen LogP contribution in [0.1, 0.15) is 5.56 Å². The molecule has 1 atom stereocenters. The summed E-state index contributed by atoms with van der Waals surface area (Å²) in [6, 6.07) is 7.76. The van der Waals surface area contributed by atoms with E-state index in [2.05, 4.69) is 4.74 Å². The van der Waals surface area contributed by atoms with Crippen molar-refractivity contribution in [2.45, 2.75) is 19.3 Å². The van der Waals surface area contributed by atoms with E-state index in [4.69, 9.17) is 10.5 Å². The van der Waals surface area contributed by atoms with Gasteiger partial charge in [-0.1, -0.05) is 30.3 Å². The largest absolute Gasteiger partial charge is 0.460 e. The number of halogens is 2. The highest BCUT2D eigenvalue weighted by Crippen LogP contribution is 2.02. The van der Waals surface area contributed by atoms with Crippen LogP contribution in [0.15, 0.2) is 30.3 Å². The second-order valence-electron chi connectivity index (χ2n) is 3.29. The Morgan fingerprint density at radius 3 is 2.53 bits per heavy atom. The first kappa shape index (κ1) is 13.5. The summed E-state index contributed by atoms with van der Waals surface area (Å²) in [5.41, 5.74) is 6.09. The number of benzene rings is 1. The zero-order valence-corrected chi connectivity index (χ0v) is 9.01. The summed E-state index contributed by atoms with van der Waals surface area (Å²) in [6.45, 7) is -3.45. The van der Waals surface area contributed by atoms with Crippen molar-refractivity contribution in [3.05, 3.63) is 35.9 Å². The fourth-order valence-electron chi connectivity index (χ4n) is 1.08. The molecule has 0 aliphatic heterocycles. The minimum absolute atomic E-state index is 0.0576. The van der Waals surface area contributed by atoms with Crippen LogP contribution in [-0.4, -0.2) is 25.2 Å². The second kappa shape index (κ2) is 6.93. The minimum atomic E-state index is -2.94. The fourth-order valence-corrected chi connectivity index (χ4v) is 1.08. The van der Waals surface area contributed by atoms with Crippen LogP contribution in [0.3, 0.4) is 0 Å². The van der Waals surface area contributed by atoms with Gasteiger partial charge in [0.2, 0.25) is 0 Å². The molecule has 0 radical (unpaired) electrons. The molecule has 17 heavy (non-hydrogen) atoms. The van der Waals surface area contributed by atoms with E-state index in [1.54, 1.807) is 24.3 Å². The molecule has 0 fully saturated rings. The number of esters is 1. The van der Waals surface area contributed by atoms with Gasteiger partial charge in [0.15, 0.2) is 0 Å². The molecule has 0 amide bonds. The van der Waals surface area contributed by atoms with Gasteiger partial charge in [-0.2, -0.15) is 8.78 Å². The van der Waals surface area contributed by atoms with Crippen molar-refractivity contribution in [2.75, 3.05) is 6.61 Å². The average Bonchev–Trinajstić information content (AvgIpc) is 2.34.